The number of nitrogens with two attached hydrogens (primary N) is 1. The molecule has 1 saturated heterocycles. The first kappa shape index (κ1) is 13.9. The predicted octanol–water partition coefficient (Wildman–Crippen LogP) is 1.24. The van der Waals surface area contributed by atoms with Crippen molar-refractivity contribution in [3.63, 3.8) is 0 Å². The van der Waals surface area contributed by atoms with E-state index < -0.39 is 0 Å². The van der Waals surface area contributed by atoms with Crippen molar-refractivity contribution in [3.8, 4) is 0 Å². The maximum Gasteiger partial charge on any atom is 0.00187 e. The van der Waals surface area contributed by atoms with Crippen molar-refractivity contribution in [1.29, 1.82) is 0 Å². The highest BCUT2D eigenvalue weighted by molar-refractivity contribution is 4.73. The lowest BCUT2D eigenvalue weighted by molar-refractivity contribution is 0.165. The van der Waals surface area contributed by atoms with Gasteiger partial charge in [0.1, 0.15) is 0 Å². The van der Waals surface area contributed by atoms with Crippen LogP contribution in [0.15, 0.2) is 0 Å². The first-order chi connectivity index (χ1) is 7.65. The van der Waals surface area contributed by atoms with E-state index in [1.807, 2.05) is 0 Å². The van der Waals surface area contributed by atoms with Gasteiger partial charge in [0.15, 0.2) is 0 Å². The van der Waals surface area contributed by atoms with Gasteiger partial charge < -0.3 is 15.5 Å². The van der Waals surface area contributed by atoms with Crippen LogP contribution in [0.25, 0.3) is 0 Å². The average molecular weight is 227 g/mol. The Morgan fingerprint density at radius 3 is 2.50 bits per heavy atom. The summed E-state index contributed by atoms with van der Waals surface area (Å²) < 4.78 is 0. The third-order valence-electron chi connectivity index (χ3n) is 3.89. The van der Waals surface area contributed by atoms with Gasteiger partial charge in [0.25, 0.3) is 0 Å². The Balaban J connectivity index is 2.20. The SMILES string of the molecule is CCC(CN)CN(C)CC1CCN(C)CC1. The number of hydrogen-bond donors (Lipinski definition) is 1. The molecule has 1 heterocycles. The fourth-order valence-corrected chi connectivity index (χ4v) is 2.57. The van der Waals surface area contributed by atoms with Gasteiger partial charge in [-0.15, -0.1) is 0 Å². The number of nitrogens with zero attached hydrogens (tertiary/aromatic N) is 2. The molecule has 96 valence electrons. The highest BCUT2D eigenvalue weighted by atomic mass is 15.1. The van der Waals surface area contributed by atoms with E-state index in [-0.39, 0.29) is 0 Å². The minimum atomic E-state index is 0.677. The summed E-state index contributed by atoms with van der Waals surface area (Å²) in [6.07, 6.45) is 3.93. The Labute approximate surface area is 101 Å². The van der Waals surface area contributed by atoms with Crippen LogP contribution in [0.4, 0.5) is 0 Å². The van der Waals surface area contributed by atoms with Crippen LogP contribution in [-0.4, -0.2) is 56.6 Å². The van der Waals surface area contributed by atoms with Gasteiger partial charge in [-0.1, -0.05) is 13.3 Å². The molecule has 1 fully saturated rings. The highest BCUT2D eigenvalue weighted by Gasteiger charge is 2.18. The molecule has 0 aliphatic carbocycles. The van der Waals surface area contributed by atoms with Crippen LogP contribution in [-0.2, 0) is 0 Å². The van der Waals surface area contributed by atoms with Crippen LogP contribution in [0.1, 0.15) is 26.2 Å². The second-order valence-electron chi connectivity index (χ2n) is 5.48. The third-order valence-corrected chi connectivity index (χ3v) is 3.89. The molecule has 0 bridgehead atoms. The van der Waals surface area contributed by atoms with Gasteiger partial charge in [0, 0.05) is 13.1 Å². The second-order valence-corrected chi connectivity index (χ2v) is 5.48. The van der Waals surface area contributed by atoms with Gasteiger partial charge in [-0.3, -0.25) is 0 Å². The fourth-order valence-electron chi connectivity index (χ4n) is 2.57. The van der Waals surface area contributed by atoms with E-state index >= 15 is 0 Å². The van der Waals surface area contributed by atoms with Crippen molar-refractivity contribution in [2.75, 3.05) is 46.8 Å². The standard InChI is InChI=1S/C13H29N3/c1-4-12(9-14)10-16(3)11-13-5-7-15(2)8-6-13/h12-13H,4-11,14H2,1-3H3. The van der Waals surface area contributed by atoms with Crippen LogP contribution in [0, 0.1) is 11.8 Å². The smallest absolute Gasteiger partial charge is 0.00187 e. The first-order valence-electron chi connectivity index (χ1n) is 6.72. The molecule has 1 aliphatic heterocycles. The molecule has 1 aliphatic rings. The van der Waals surface area contributed by atoms with Crippen LogP contribution in [0.2, 0.25) is 0 Å². The van der Waals surface area contributed by atoms with Gasteiger partial charge in [-0.25, -0.2) is 0 Å². The maximum atomic E-state index is 5.75. The molecule has 3 nitrogen and oxygen atoms in total. The van der Waals surface area contributed by atoms with Crippen LogP contribution < -0.4 is 5.73 Å². The number of likely N-dealkylation sites (tertiary alicyclic amines) is 1. The van der Waals surface area contributed by atoms with E-state index in [9.17, 15) is 0 Å². The molecule has 0 aromatic heterocycles. The Kier molecular flexibility index (Phi) is 6.32. The molecule has 16 heavy (non-hydrogen) atoms. The number of piperidine rings is 1. The summed E-state index contributed by atoms with van der Waals surface area (Å²) in [5, 5.41) is 0. The van der Waals surface area contributed by atoms with Crippen LogP contribution >= 0.6 is 0 Å². The summed E-state index contributed by atoms with van der Waals surface area (Å²) in [6, 6.07) is 0. The highest BCUT2D eigenvalue weighted by Crippen LogP contribution is 2.17. The lowest BCUT2D eigenvalue weighted by Crippen LogP contribution is -2.38. The molecule has 1 atom stereocenters. The molecule has 0 radical (unpaired) electrons. The Hall–Kier alpha value is -0.120. The van der Waals surface area contributed by atoms with Gasteiger partial charge in [0.05, 0.1) is 0 Å². The molecule has 3 heteroatoms. The number of hydrogen-bond acceptors (Lipinski definition) is 3. The van der Waals surface area contributed by atoms with Crippen molar-refractivity contribution in [1.82, 2.24) is 9.80 Å². The minimum Gasteiger partial charge on any atom is -0.330 e. The van der Waals surface area contributed by atoms with Crippen molar-refractivity contribution >= 4 is 0 Å². The van der Waals surface area contributed by atoms with Crippen molar-refractivity contribution in [2.24, 2.45) is 17.6 Å². The molecule has 0 saturated carbocycles. The molecule has 0 aromatic rings. The molecule has 1 rings (SSSR count). The molecule has 0 aromatic carbocycles. The molecular formula is C13H29N3. The fraction of sp³-hybridized carbons (Fsp3) is 1.00. The van der Waals surface area contributed by atoms with E-state index in [2.05, 4.69) is 30.8 Å². The number of rotatable bonds is 6. The molecule has 1 unspecified atom stereocenters. The van der Waals surface area contributed by atoms with E-state index in [0.717, 1.165) is 12.5 Å². The Morgan fingerprint density at radius 2 is 2.00 bits per heavy atom. The monoisotopic (exact) mass is 227 g/mol. The van der Waals surface area contributed by atoms with E-state index in [1.165, 1.54) is 45.4 Å². The zero-order valence-electron chi connectivity index (χ0n) is 11.3. The Bertz CT molecular complexity index is 172. The summed E-state index contributed by atoms with van der Waals surface area (Å²) in [5.41, 5.74) is 5.75. The maximum absolute atomic E-state index is 5.75. The Morgan fingerprint density at radius 1 is 1.38 bits per heavy atom. The molecular weight excluding hydrogens is 198 g/mol. The van der Waals surface area contributed by atoms with Crippen molar-refractivity contribution < 1.29 is 0 Å². The first-order valence-corrected chi connectivity index (χ1v) is 6.72. The van der Waals surface area contributed by atoms with Gasteiger partial charge in [-0.2, -0.15) is 0 Å². The summed E-state index contributed by atoms with van der Waals surface area (Å²) >= 11 is 0. The summed E-state index contributed by atoms with van der Waals surface area (Å²) in [4.78, 5) is 4.92. The van der Waals surface area contributed by atoms with Gasteiger partial charge >= 0.3 is 0 Å². The van der Waals surface area contributed by atoms with Crippen molar-refractivity contribution in [2.45, 2.75) is 26.2 Å². The minimum absolute atomic E-state index is 0.677. The average Bonchev–Trinajstić information content (AvgIpc) is 2.29. The summed E-state index contributed by atoms with van der Waals surface area (Å²) in [5.74, 6) is 1.58. The van der Waals surface area contributed by atoms with Crippen LogP contribution in [0.5, 0.6) is 0 Å². The zero-order valence-corrected chi connectivity index (χ0v) is 11.3. The topological polar surface area (TPSA) is 32.5 Å². The zero-order chi connectivity index (χ0) is 12.0. The molecule has 0 amide bonds. The normalized spacial score (nSPS) is 21.6. The largest absolute Gasteiger partial charge is 0.330 e. The van der Waals surface area contributed by atoms with Crippen LogP contribution in [0.3, 0.4) is 0 Å². The lowest BCUT2D eigenvalue weighted by atomic mass is 9.96. The van der Waals surface area contributed by atoms with Gasteiger partial charge in [-0.05, 0) is 58.4 Å². The molecule has 0 spiro atoms. The quantitative estimate of drug-likeness (QED) is 0.741. The lowest BCUT2D eigenvalue weighted by Gasteiger charge is -2.32. The molecule has 2 N–H and O–H groups in total. The van der Waals surface area contributed by atoms with Gasteiger partial charge in [0.2, 0.25) is 0 Å². The summed E-state index contributed by atoms with van der Waals surface area (Å²) in [7, 11) is 4.47. The summed E-state index contributed by atoms with van der Waals surface area (Å²) in [6.45, 7) is 8.03. The van der Waals surface area contributed by atoms with E-state index in [4.69, 9.17) is 5.73 Å². The second kappa shape index (κ2) is 7.25. The van der Waals surface area contributed by atoms with E-state index in [1.54, 1.807) is 0 Å². The predicted molar refractivity (Wildman–Crippen MR) is 70.6 cm³/mol. The van der Waals surface area contributed by atoms with E-state index in [0.29, 0.717) is 5.92 Å². The van der Waals surface area contributed by atoms with Crippen molar-refractivity contribution in [3.05, 3.63) is 0 Å². The third kappa shape index (κ3) is 4.81.